The predicted octanol–water partition coefficient (Wildman–Crippen LogP) is 1.68. The Hall–Kier alpha value is -1.88. The van der Waals surface area contributed by atoms with Gasteiger partial charge < -0.3 is 0 Å². The Morgan fingerprint density at radius 1 is 1.43 bits per heavy atom. The van der Waals surface area contributed by atoms with Crippen molar-refractivity contribution < 1.29 is 9.76 Å². The molecule has 1 heterocycles. The van der Waals surface area contributed by atoms with Gasteiger partial charge in [-0.05, 0) is 12.1 Å². The van der Waals surface area contributed by atoms with Gasteiger partial charge in [0.1, 0.15) is 6.10 Å². The molecule has 2 rings (SSSR count). The van der Waals surface area contributed by atoms with Crippen molar-refractivity contribution in [2.75, 3.05) is 0 Å². The summed E-state index contributed by atoms with van der Waals surface area (Å²) in [4.78, 5) is 15.3. The van der Waals surface area contributed by atoms with Crippen LogP contribution in [0.1, 0.15) is 11.7 Å². The van der Waals surface area contributed by atoms with Gasteiger partial charge in [-0.2, -0.15) is 0 Å². The number of nitro groups is 1. The standard InChI is InChI=1S/C9H8N2O3/c12-11(13)8-4-2-1-3-7(8)9-5-6-10-14-9/h1-6,9-10H. The molecule has 0 amide bonds. The molecule has 1 aromatic carbocycles. The van der Waals surface area contributed by atoms with Crippen molar-refractivity contribution in [3.63, 3.8) is 0 Å². The Labute approximate surface area is 80.1 Å². The third-order valence-electron chi connectivity index (χ3n) is 1.97. The molecule has 5 nitrogen and oxygen atoms in total. The van der Waals surface area contributed by atoms with Gasteiger partial charge in [0, 0.05) is 12.3 Å². The number of para-hydroxylation sites is 1. The zero-order valence-corrected chi connectivity index (χ0v) is 7.21. The van der Waals surface area contributed by atoms with E-state index < -0.39 is 4.92 Å². The van der Waals surface area contributed by atoms with E-state index in [1.165, 1.54) is 6.07 Å². The van der Waals surface area contributed by atoms with E-state index >= 15 is 0 Å². The van der Waals surface area contributed by atoms with E-state index in [9.17, 15) is 10.1 Å². The van der Waals surface area contributed by atoms with Gasteiger partial charge in [0.05, 0.1) is 10.5 Å². The average molecular weight is 192 g/mol. The first-order chi connectivity index (χ1) is 6.79. The first-order valence-corrected chi connectivity index (χ1v) is 4.10. The summed E-state index contributed by atoms with van der Waals surface area (Å²) in [6, 6.07) is 6.52. The first-order valence-electron chi connectivity index (χ1n) is 4.10. The summed E-state index contributed by atoms with van der Waals surface area (Å²) >= 11 is 0. The summed E-state index contributed by atoms with van der Waals surface area (Å²) < 4.78 is 0. The number of hydroxylamine groups is 1. The predicted molar refractivity (Wildman–Crippen MR) is 49.2 cm³/mol. The maximum atomic E-state index is 10.7. The number of rotatable bonds is 2. The van der Waals surface area contributed by atoms with Crippen molar-refractivity contribution >= 4 is 5.69 Å². The minimum atomic E-state index is -0.412. The molecule has 0 aliphatic carbocycles. The van der Waals surface area contributed by atoms with Crippen LogP contribution < -0.4 is 5.48 Å². The van der Waals surface area contributed by atoms with E-state index in [-0.39, 0.29) is 11.8 Å². The quantitative estimate of drug-likeness (QED) is 0.572. The van der Waals surface area contributed by atoms with Crippen LogP contribution in [0.25, 0.3) is 0 Å². The Kier molecular flexibility index (Phi) is 2.16. The second kappa shape index (κ2) is 3.47. The highest BCUT2D eigenvalue weighted by Crippen LogP contribution is 2.29. The van der Waals surface area contributed by atoms with Gasteiger partial charge in [0.15, 0.2) is 0 Å². The zero-order valence-electron chi connectivity index (χ0n) is 7.21. The highest BCUT2D eigenvalue weighted by Gasteiger charge is 2.22. The molecule has 1 aliphatic heterocycles. The average Bonchev–Trinajstić information content (AvgIpc) is 2.70. The van der Waals surface area contributed by atoms with Crippen molar-refractivity contribution in [3.05, 3.63) is 52.2 Å². The SMILES string of the molecule is O=[N+]([O-])c1ccccc1C1C=CNO1. The van der Waals surface area contributed by atoms with Gasteiger partial charge in [0.2, 0.25) is 0 Å². The minimum absolute atomic E-state index is 0.0749. The summed E-state index contributed by atoms with van der Waals surface area (Å²) in [5.41, 5.74) is 3.16. The van der Waals surface area contributed by atoms with Crippen LogP contribution in [0, 0.1) is 10.1 Å². The monoisotopic (exact) mass is 192 g/mol. The highest BCUT2D eigenvalue weighted by atomic mass is 16.7. The first kappa shape index (κ1) is 8.71. The van der Waals surface area contributed by atoms with Gasteiger partial charge in [-0.1, -0.05) is 12.1 Å². The van der Waals surface area contributed by atoms with Crippen molar-refractivity contribution in [2.24, 2.45) is 0 Å². The smallest absolute Gasteiger partial charge is 0.274 e. The maximum absolute atomic E-state index is 10.7. The highest BCUT2D eigenvalue weighted by molar-refractivity contribution is 5.43. The minimum Gasteiger partial charge on any atom is -0.274 e. The van der Waals surface area contributed by atoms with Crippen molar-refractivity contribution in [3.8, 4) is 0 Å². The molecule has 1 N–H and O–H groups in total. The van der Waals surface area contributed by atoms with Crippen LogP contribution in [0.3, 0.4) is 0 Å². The van der Waals surface area contributed by atoms with Gasteiger partial charge in [-0.3, -0.25) is 20.4 Å². The number of nitrogens with one attached hydrogen (secondary N) is 1. The fraction of sp³-hybridized carbons (Fsp3) is 0.111. The molecular formula is C9H8N2O3. The Morgan fingerprint density at radius 3 is 2.86 bits per heavy atom. The zero-order chi connectivity index (χ0) is 9.97. The maximum Gasteiger partial charge on any atom is 0.275 e. The normalized spacial score (nSPS) is 19.3. The molecule has 5 heteroatoms. The molecule has 0 bridgehead atoms. The van der Waals surface area contributed by atoms with Gasteiger partial charge in [-0.15, -0.1) is 0 Å². The van der Waals surface area contributed by atoms with E-state index in [4.69, 9.17) is 4.84 Å². The fourth-order valence-electron chi connectivity index (χ4n) is 1.34. The number of benzene rings is 1. The lowest BCUT2D eigenvalue weighted by Crippen LogP contribution is -2.05. The van der Waals surface area contributed by atoms with Crippen LogP contribution in [0.2, 0.25) is 0 Å². The molecule has 0 radical (unpaired) electrons. The largest absolute Gasteiger partial charge is 0.275 e. The number of hydrogen-bond donors (Lipinski definition) is 1. The second-order valence-electron chi connectivity index (χ2n) is 2.83. The lowest BCUT2D eigenvalue weighted by molar-refractivity contribution is -0.386. The van der Waals surface area contributed by atoms with E-state index in [2.05, 4.69) is 5.48 Å². The second-order valence-corrected chi connectivity index (χ2v) is 2.83. The molecule has 1 atom stereocenters. The fourth-order valence-corrected chi connectivity index (χ4v) is 1.34. The molecule has 1 unspecified atom stereocenters. The molecule has 0 aromatic heterocycles. The summed E-state index contributed by atoms with van der Waals surface area (Å²) in [6.45, 7) is 0. The van der Waals surface area contributed by atoms with Gasteiger partial charge in [0.25, 0.3) is 5.69 Å². The van der Waals surface area contributed by atoms with E-state index in [0.29, 0.717) is 5.56 Å². The van der Waals surface area contributed by atoms with Crippen LogP contribution in [0.4, 0.5) is 5.69 Å². The molecule has 14 heavy (non-hydrogen) atoms. The van der Waals surface area contributed by atoms with Crippen molar-refractivity contribution in [1.29, 1.82) is 0 Å². The summed E-state index contributed by atoms with van der Waals surface area (Å²) in [5, 5.41) is 10.7. The molecule has 1 aromatic rings. The van der Waals surface area contributed by atoms with Gasteiger partial charge in [-0.25, -0.2) is 0 Å². The van der Waals surface area contributed by atoms with Crippen LogP contribution in [0.5, 0.6) is 0 Å². The van der Waals surface area contributed by atoms with E-state index in [1.54, 1.807) is 30.5 Å². The third-order valence-corrected chi connectivity index (χ3v) is 1.97. The Balaban J connectivity index is 2.40. The topological polar surface area (TPSA) is 64.4 Å². The lowest BCUT2D eigenvalue weighted by atomic mass is 10.1. The lowest BCUT2D eigenvalue weighted by Gasteiger charge is -2.07. The molecule has 0 saturated carbocycles. The molecular weight excluding hydrogens is 184 g/mol. The van der Waals surface area contributed by atoms with Crippen LogP contribution in [0.15, 0.2) is 36.5 Å². The summed E-state index contributed by atoms with van der Waals surface area (Å²) in [7, 11) is 0. The van der Waals surface area contributed by atoms with Crippen molar-refractivity contribution in [1.82, 2.24) is 5.48 Å². The number of hydrogen-bond acceptors (Lipinski definition) is 4. The van der Waals surface area contributed by atoms with E-state index in [1.807, 2.05) is 0 Å². The molecule has 0 fully saturated rings. The van der Waals surface area contributed by atoms with Crippen LogP contribution >= 0.6 is 0 Å². The summed E-state index contributed by atoms with van der Waals surface area (Å²) in [6.07, 6.45) is 2.96. The number of nitrogens with zero attached hydrogens (tertiary/aromatic N) is 1. The Bertz CT molecular complexity index is 389. The molecule has 0 spiro atoms. The summed E-state index contributed by atoms with van der Waals surface area (Å²) in [5.74, 6) is 0. The number of nitro benzene ring substituents is 1. The van der Waals surface area contributed by atoms with Crippen LogP contribution in [-0.2, 0) is 4.84 Å². The van der Waals surface area contributed by atoms with Crippen molar-refractivity contribution in [2.45, 2.75) is 6.10 Å². The van der Waals surface area contributed by atoms with Crippen LogP contribution in [-0.4, -0.2) is 4.92 Å². The van der Waals surface area contributed by atoms with Gasteiger partial charge >= 0.3 is 0 Å². The third kappa shape index (κ3) is 1.45. The van der Waals surface area contributed by atoms with E-state index in [0.717, 1.165) is 0 Å². The molecule has 1 aliphatic rings. The molecule has 0 saturated heterocycles. The Morgan fingerprint density at radius 2 is 2.21 bits per heavy atom. The molecule has 72 valence electrons.